The van der Waals surface area contributed by atoms with Crippen LogP contribution in [0.3, 0.4) is 0 Å². The van der Waals surface area contributed by atoms with Gasteiger partial charge in [-0.1, -0.05) is 6.07 Å². The van der Waals surface area contributed by atoms with Gasteiger partial charge < -0.3 is 10.5 Å². The molecule has 94 valence electrons. The molecule has 2 aromatic rings. The molecule has 2 rings (SSSR count). The van der Waals surface area contributed by atoms with Gasteiger partial charge in [0.2, 0.25) is 0 Å². The van der Waals surface area contributed by atoms with Gasteiger partial charge in [0, 0.05) is 24.1 Å². The van der Waals surface area contributed by atoms with Crippen molar-refractivity contribution in [2.75, 3.05) is 7.11 Å². The van der Waals surface area contributed by atoms with Crippen LogP contribution in [0.4, 0.5) is 0 Å². The van der Waals surface area contributed by atoms with Gasteiger partial charge in [-0.05, 0) is 23.8 Å². The first kappa shape index (κ1) is 12.9. The van der Waals surface area contributed by atoms with E-state index in [0.717, 1.165) is 22.1 Å². The van der Waals surface area contributed by atoms with E-state index < -0.39 is 0 Å². The van der Waals surface area contributed by atoms with Crippen molar-refractivity contribution in [1.29, 1.82) is 0 Å². The van der Waals surface area contributed by atoms with Crippen LogP contribution in [0.2, 0.25) is 0 Å². The monoisotopic (exact) mass is 261 g/mol. The molecule has 1 aromatic carbocycles. The second-order valence-electron chi connectivity index (χ2n) is 3.69. The Labute approximate surface area is 111 Å². The molecule has 1 aromatic heterocycles. The molecule has 0 radical (unpaired) electrons. The molecule has 0 saturated heterocycles. The molecule has 0 unspecified atom stereocenters. The molecule has 5 heteroatoms. The molecule has 0 aliphatic rings. The van der Waals surface area contributed by atoms with E-state index in [0.29, 0.717) is 6.54 Å². The fourth-order valence-corrected chi connectivity index (χ4v) is 2.38. The number of aromatic nitrogens is 2. The Bertz CT molecular complexity index is 505. The van der Waals surface area contributed by atoms with Crippen LogP contribution in [-0.2, 0) is 12.3 Å². The van der Waals surface area contributed by atoms with Crippen LogP contribution < -0.4 is 10.5 Å². The van der Waals surface area contributed by atoms with Crippen LogP contribution in [0.1, 0.15) is 11.1 Å². The lowest BCUT2D eigenvalue weighted by molar-refractivity contribution is 0.409. The minimum Gasteiger partial charge on any atom is -0.496 e. The van der Waals surface area contributed by atoms with Crippen LogP contribution in [0.15, 0.2) is 41.8 Å². The van der Waals surface area contributed by atoms with E-state index in [1.807, 2.05) is 18.2 Å². The van der Waals surface area contributed by atoms with Gasteiger partial charge in [0.1, 0.15) is 12.1 Å². The lowest BCUT2D eigenvalue weighted by Crippen LogP contribution is -2.00. The smallest absolute Gasteiger partial charge is 0.123 e. The predicted molar refractivity (Wildman–Crippen MR) is 72.5 cm³/mol. The third kappa shape index (κ3) is 3.21. The lowest BCUT2D eigenvalue weighted by atomic mass is 10.1. The molecule has 0 aliphatic carbocycles. The van der Waals surface area contributed by atoms with Crippen LogP contribution in [-0.4, -0.2) is 17.1 Å². The number of hydrogen-bond acceptors (Lipinski definition) is 5. The van der Waals surface area contributed by atoms with Crippen molar-refractivity contribution in [1.82, 2.24) is 9.97 Å². The van der Waals surface area contributed by atoms with E-state index in [4.69, 9.17) is 10.5 Å². The van der Waals surface area contributed by atoms with Crippen molar-refractivity contribution < 1.29 is 4.74 Å². The van der Waals surface area contributed by atoms with Gasteiger partial charge in [-0.3, -0.25) is 0 Å². The quantitative estimate of drug-likeness (QED) is 0.660. The molecule has 0 amide bonds. The Morgan fingerprint density at radius 3 is 2.89 bits per heavy atom. The molecule has 0 bridgehead atoms. The van der Waals surface area contributed by atoms with E-state index in [-0.39, 0.29) is 0 Å². The van der Waals surface area contributed by atoms with Crippen molar-refractivity contribution >= 4 is 11.8 Å². The summed E-state index contributed by atoms with van der Waals surface area (Å²) in [6.07, 6.45) is 3.30. The molecule has 4 nitrogen and oxygen atoms in total. The molecular weight excluding hydrogens is 246 g/mol. The molecule has 0 aliphatic heterocycles. The van der Waals surface area contributed by atoms with Crippen LogP contribution in [0.25, 0.3) is 0 Å². The van der Waals surface area contributed by atoms with Gasteiger partial charge in [-0.15, -0.1) is 11.8 Å². The highest BCUT2D eigenvalue weighted by molar-refractivity contribution is 7.98. The Kier molecular flexibility index (Phi) is 4.55. The van der Waals surface area contributed by atoms with Gasteiger partial charge in [0.25, 0.3) is 0 Å². The van der Waals surface area contributed by atoms with E-state index >= 15 is 0 Å². The zero-order valence-electron chi connectivity index (χ0n) is 10.2. The largest absolute Gasteiger partial charge is 0.496 e. The van der Waals surface area contributed by atoms with Gasteiger partial charge in [-0.2, -0.15) is 0 Å². The predicted octanol–water partition coefficient (Wildman–Crippen LogP) is 2.24. The maximum absolute atomic E-state index is 5.69. The van der Waals surface area contributed by atoms with E-state index in [1.165, 1.54) is 5.56 Å². The lowest BCUT2D eigenvalue weighted by Gasteiger charge is -2.08. The van der Waals surface area contributed by atoms with Gasteiger partial charge in [0.05, 0.1) is 12.1 Å². The zero-order chi connectivity index (χ0) is 12.8. The van der Waals surface area contributed by atoms with Crippen molar-refractivity contribution in [2.45, 2.75) is 17.3 Å². The fourth-order valence-electron chi connectivity index (χ4n) is 1.60. The number of thioether (sulfide) groups is 1. The number of ether oxygens (including phenoxy) is 1. The minimum absolute atomic E-state index is 0.481. The average Bonchev–Trinajstić information content (AvgIpc) is 2.45. The highest BCUT2D eigenvalue weighted by Crippen LogP contribution is 2.24. The van der Waals surface area contributed by atoms with Crippen molar-refractivity contribution in [3.63, 3.8) is 0 Å². The number of methoxy groups -OCH3 is 1. The summed E-state index contributed by atoms with van der Waals surface area (Å²) < 4.78 is 5.25. The van der Waals surface area contributed by atoms with Gasteiger partial charge in [-0.25, -0.2) is 9.97 Å². The summed E-state index contributed by atoms with van der Waals surface area (Å²) in [6, 6.07) is 7.98. The summed E-state index contributed by atoms with van der Waals surface area (Å²) in [7, 11) is 1.66. The van der Waals surface area contributed by atoms with E-state index in [1.54, 1.807) is 31.4 Å². The normalized spacial score (nSPS) is 10.3. The second-order valence-corrected chi connectivity index (χ2v) is 4.68. The molecule has 1 heterocycles. The molecule has 0 atom stereocenters. The first-order valence-corrected chi connectivity index (χ1v) is 6.56. The molecule has 0 saturated carbocycles. The van der Waals surface area contributed by atoms with E-state index in [9.17, 15) is 0 Å². The highest BCUT2D eigenvalue weighted by atomic mass is 32.2. The third-order valence-electron chi connectivity index (χ3n) is 2.51. The number of nitrogens with zero attached hydrogens (tertiary/aromatic N) is 2. The summed E-state index contributed by atoms with van der Waals surface area (Å²) in [5.41, 5.74) is 7.93. The number of benzene rings is 1. The molecular formula is C13H15N3OS. The molecule has 0 fully saturated rings. The first-order chi connectivity index (χ1) is 8.83. The standard InChI is InChI=1S/C13H15N3OS/c1-17-12-3-2-10(6-11(12)7-14)8-18-13-4-5-15-9-16-13/h2-6,9H,7-8,14H2,1H3. The van der Waals surface area contributed by atoms with Crippen molar-refractivity contribution in [2.24, 2.45) is 5.73 Å². The SMILES string of the molecule is COc1ccc(CSc2ccncn2)cc1CN. The number of hydrogen-bond donors (Lipinski definition) is 1. The maximum Gasteiger partial charge on any atom is 0.123 e. The van der Waals surface area contributed by atoms with Crippen LogP contribution in [0, 0.1) is 0 Å². The topological polar surface area (TPSA) is 61.0 Å². The molecule has 2 N–H and O–H groups in total. The zero-order valence-corrected chi connectivity index (χ0v) is 11.0. The summed E-state index contributed by atoms with van der Waals surface area (Å²) in [5, 5.41) is 0.968. The van der Waals surface area contributed by atoms with Crippen LogP contribution >= 0.6 is 11.8 Å². The molecule has 0 spiro atoms. The Morgan fingerprint density at radius 2 is 2.22 bits per heavy atom. The van der Waals surface area contributed by atoms with Crippen LogP contribution in [0.5, 0.6) is 5.75 Å². The van der Waals surface area contributed by atoms with Crippen molar-refractivity contribution in [3.8, 4) is 5.75 Å². The number of nitrogens with two attached hydrogens (primary N) is 1. The van der Waals surface area contributed by atoms with Crippen molar-refractivity contribution in [3.05, 3.63) is 47.9 Å². The van der Waals surface area contributed by atoms with Gasteiger partial charge >= 0.3 is 0 Å². The minimum atomic E-state index is 0.481. The third-order valence-corrected chi connectivity index (χ3v) is 3.52. The highest BCUT2D eigenvalue weighted by Gasteiger charge is 2.03. The second kappa shape index (κ2) is 6.37. The van der Waals surface area contributed by atoms with Gasteiger partial charge in [0.15, 0.2) is 0 Å². The summed E-state index contributed by atoms with van der Waals surface area (Å²) in [5.74, 6) is 1.70. The fraction of sp³-hybridized carbons (Fsp3) is 0.231. The summed E-state index contributed by atoms with van der Waals surface area (Å²) in [6.45, 7) is 0.481. The Hall–Kier alpha value is -1.59. The molecule has 18 heavy (non-hydrogen) atoms. The average molecular weight is 261 g/mol. The number of rotatable bonds is 5. The Morgan fingerprint density at radius 1 is 1.33 bits per heavy atom. The summed E-state index contributed by atoms with van der Waals surface area (Å²) in [4.78, 5) is 8.07. The van der Waals surface area contributed by atoms with E-state index in [2.05, 4.69) is 16.0 Å². The first-order valence-electron chi connectivity index (χ1n) is 5.58. The summed E-state index contributed by atoms with van der Waals surface area (Å²) >= 11 is 1.67. The Balaban J connectivity index is 2.06. The maximum atomic E-state index is 5.69.